The summed E-state index contributed by atoms with van der Waals surface area (Å²) in [4.78, 5) is 15.8. The largest absolute Gasteiger partial charge is 0.359 e. The molecule has 2 N–H and O–H groups in total. The van der Waals surface area contributed by atoms with Crippen LogP contribution in [0.2, 0.25) is 0 Å². The van der Waals surface area contributed by atoms with Crippen LogP contribution in [0.5, 0.6) is 0 Å². The highest BCUT2D eigenvalue weighted by Gasteiger charge is 2.40. The highest BCUT2D eigenvalue weighted by Crippen LogP contribution is 2.52. The number of nitrogens with one attached hydrogen (secondary N) is 2. The fraction of sp³-hybridized carbons (Fsp3) is 0.0909. The molecule has 0 radical (unpaired) electrons. The van der Waals surface area contributed by atoms with Gasteiger partial charge in [-0.15, -0.1) is 0 Å². The van der Waals surface area contributed by atoms with Gasteiger partial charge in [-0.25, -0.2) is 9.98 Å². The van der Waals surface area contributed by atoms with E-state index in [2.05, 4.69) is 251 Å². The predicted octanol–water partition coefficient (Wildman–Crippen LogP) is 17.2. The van der Waals surface area contributed by atoms with E-state index in [9.17, 15) is 0 Å². The third kappa shape index (κ3) is 7.34. The smallest absolute Gasteiger partial charge is 0.143 e. The van der Waals surface area contributed by atoms with Gasteiger partial charge in [0.2, 0.25) is 0 Å². The van der Waals surface area contributed by atoms with Gasteiger partial charge in [-0.05, 0) is 117 Å². The lowest BCUT2D eigenvalue weighted by Gasteiger charge is -2.34. The first-order valence-electron chi connectivity index (χ1n) is 25.3. The number of aliphatic imine (C=N–C) groups is 2. The van der Waals surface area contributed by atoms with E-state index in [1.54, 1.807) is 0 Å². The number of para-hydroxylation sites is 4. The Morgan fingerprint density at radius 3 is 1.24 bits per heavy atom. The molecular formula is C66H52N6. The molecule has 6 nitrogen and oxygen atoms in total. The summed E-state index contributed by atoms with van der Waals surface area (Å²) >= 11 is 0. The molecule has 9 aromatic carbocycles. The Morgan fingerprint density at radius 2 is 0.792 bits per heavy atom. The van der Waals surface area contributed by atoms with Gasteiger partial charge in [0.1, 0.15) is 24.0 Å². The molecule has 1 aliphatic carbocycles. The van der Waals surface area contributed by atoms with Crippen LogP contribution in [0.1, 0.15) is 66.8 Å². The standard InChI is InChI=1S/C64H46N6.C2H6/c1-5-17-43(18-6-1)49-37-53-57(39-51(49)45-21-9-3-10-22-45)67-61(69-59-27-15-13-25-55(59)65-63(53)69)47-33-29-41(30-34-47)42-31-35-48(36-32-42)62-68-58-40-52(46-23-11-4-12-24-46)50(44-19-7-2-8-20-44)38-54(58)64-66-56-26-14-16-28-60(56)70(62)64;1-2/h1-7,9-19,21-40,63-66H,8,20H2;1-2H3. The number of benzene rings is 9. The summed E-state index contributed by atoms with van der Waals surface area (Å²) in [7, 11) is 0. The van der Waals surface area contributed by atoms with Gasteiger partial charge in [-0.2, -0.15) is 0 Å². The average molecular weight is 929 g/mol. The first-order valence-corrected chi connectivity index (χ1v) is 25.3. The number of hydrogen-bond acceptors (Lipinski definition) is 6. The van der Waals surface area contributed by atoms with Gasteiger partial charge < -0.3 is 10.6 Å². The van der Waals surface area contributed by atoms with Crippen molar-refractivity contribution in [1.29, 1.82) is 0 Å². The predicted molar refractivity (Wildman–Crippen MR) is 302 cm³/mol. The lowest BCUT2D eigenvalue weighted by molar-refractivity contribution is 0.831. The molecule has 0 saturated heterocycles. The molecule has 6 heteroatoms. The van der Waals surface area contributed by atoms with Gasteiger partial charge >= 0.3 is 0 Å². The molecule has 346 valence electrons. The molecule has 5 aliphatic rings. The first-order chi connectivity index (χ1) is 35.7. The molecular weight excluding hydrogens is 877 g/mol. The van der Waals surface area contributed by atoms with Gasteiger partial charge in [0.05, 0.1) is 34.1 Å². The Morgan fingerprint density at radius 1 is 0.403 bits per heavy atom. The van der Waals surface area contributed by atoms with Gasteiger partial charge in [-0.3, -0.25) is 9.80 Å². The molecule has 2 atom stereocenters. The second kappa shape index (κ2) is 18.1. The van der Waals surface area contributed by atoms with E-state index in [0.29, 0.717) is 0 Å². The number of nitrogens with zero attached hydrogens (tertiary/aromatic N) is 4. The number of allylic oxidation sites excluding steroid dienone is 4. The summed E-state index contributed by atoms with van der Waals surface area (Å²) in [5.41, 5.74) is 22.9. The number of hydrogen-bond donors (Lipinski definition) is 2. The maximum absolute atomic E-state index is 5.54. The van der Waals surface area contributed by atoms with Crippen molar-refractivity contribution in [3.05, 3.63) is 258 Å². The van der Waals surface area contributed by atoms with Crippen LogP contribution in [-0.4, -0.2) is 11.7 Å². The van der Waals surface area contributed by atoms with Crippen LogP contribution >= 0.6 is 0 Å². The molecule has 14 rings (SSSR count). The van der Waals surface area contributed by atoms with Crippen LogP contribution in [0, 0.1) is 0 Å². The Hall–Kier alpha value is -9.00. The molecule has 9 aromatic rings. The van der Waals surface area contributed by atoms with Crippen LogP contribution in [-0.2, 0) is 0 Å². The quantitative estimate of drug-likeness (QED) is 0.167. The van der Waals surface area contributed by atoms with E-state index in [-0.39, 0.29) is 12.3 Å². The van der Waals surface area contributed by atoms with Gasteiger partial charge in [0.25, 0.3) is 0 Å². The zero-order valence-corrected chi connectivity index (χ0v) is 40.3. The topological polar surface area (TPSA) is 55.3 Å². The van der Waals surface area contributed by atoms with Crippen molar-refractivity contribution in [3.63, 3.8) is 0 Å². The van der Waals surface area contributed by atoms with E-state index in [1.165, 1.54) is 44.5 Å². The minimum Gasteiger partial charge on any atom is -0.359 e. The van der Waals surface area contributed by atoms with E-state index < -0.39 is 0 Å². The Balaban J connectivity index is 0.00000249. The van der Waals surface area contributed by atoms with Gasteiger partial charge in [0.15, 0.2) is 0 Å². The zero-order valence-electron chi connectivity index (χ0n) is 40.3. The summed E-state index contributed by atoms with van der Waals surface area (Å²) < 4.78 is 0. The van der Waals surface area contributed by atoms with Crippen molar-refractivity contribution in [2.75, 3.05) is 20.4 Å². The highest BCUT2D eigenvalue weighted by molar-refractivity contribution is 6.17. The van der Waals surface area contributed by atoms with Crippen LogP contribution in [0.3, 0.4) is 0 Å². The van der Waals surface area contributed by atoms with E-state index >= 15 is 0 Å². The fourth-order valence-electron chi connectivity index (χ4n) is 11.1. The number of rotatable bonds is 7. The second-order valence-corrected chi connectivity index (χ2v) is 18.6. The molecule has 0 saturated carbocycles. The third-order valence-electron chi connectivity index (χ3n) is 14.5. The fourth-order valence-corrected chi connectivity index (χ4v) is 11.1. The van der Waals surface area contributed by atoms with Crippen molar-refractivity contribution in [2.45, 2.75) is 39.0 Å². The Kier molecular flexibility index (Phi) is 10.8. The highest BCUT2D eigenvalue weighted by atomic mass is 15.4. The Bertz CT molecular complexity index is 3650. The van der Waals surface area contributed by atoms with E-state index in [4.69, 9.17) is 9.98 Å². The van der Waals surface area contributed by atoms with Crippen molar-refractivity contribution in [3.8, 4) is 44.5 Å². The number of anilines is 4. The third-order valence-corrected chi connectivity index (χ3v) is 14.5. The maximum Gasteiger partial charge on any atom is 0.143 e. The molecule has 0 aromatic heterocycles. The monoisotopic (exact) mass is 928 g/mol. The second-order valence-electron chi connectivity index (χ2n) is 18.6. The molecule has 0 fully saturated rings. The molecule has 0 amide bonds. The van der Waals surface area contributed by atoms with Crippen molar-refractivity contribution < 1.29 is 0 Å². The van der Waals surface area contributed by atoms with Crippen molar-refractivity contribution >= 4 is 51.4 Å². The minimum absolute atomic E-state index is 0.0988. The summed E-state index contributed by atoms with van der Waals surface area (Å²) in [6, 6.07) is 76.4. The molecule has 0 spiro atoms. The summed E-state index contributed by atoms with van der Waals surface area (Å²) in [6.45, 7) is 4.00. The van der Waals surface area contributed by atoms with Crippen LogP contribution in [0.15, 0.2) is 241 Å². The van der Waals surface area contributed by atoms with Crippen LogP contribution in [0.25, 0.3) is 50.1 Å². The van der Waals surface area contributed by atoms with Crippen LogP contribution in [0.4, 0.5) is 34.1 Å². The van der Waals surface area contributed by atoms with E-state index in [1.807, 2.05) is 13.8 Å². The van der Waals surface area contributed by atoms with Gasteiger partial charge in [-0.1, -0.05) is 196 Å². The SMILES string of the molecule is C1=CCCC(c2cc3c(cc2-c2ccccc2)N=C(c2ccc(-c4ccc(C5=Nc6cc(-c7ccccc7)c(-c7ccccc7)cc6C6Nc7ccccc7N56)cc4)cc2)N2c4ccccc4NC32)=C1.CC. The van der Waals surface area contributed by atoms with Gasteiger partial charge in [0, 0.05) is 22.3 Å². The number of amidine groups is 2. The lowest BCUT2D eigenvalue weighted by atomic mass is 9.87. The minimum atomic E-state index is -0.120. The molecule has 4 aliphatic heterocycles. The molecule has 72 heavy (non-hydrogen) atoms. The van der Waals surface area contributed by atoms with Crippen molar-refractivity contribution in [1.82, 2.24) is 0 Å². The first kappa shape index (κ1) is 43.1. The van der Waals surface area contributed by atoms with E-state index in [0.717, 1.165) is 92.0 Å². The molecule has 2 unspecified atom stereocenters. The average Bonchev–Trinajstić information content (AvgIpc) is 4.06. The summed E-state index contributed by atoms with van der Waals surface area (Å²) in [6.07, 6.45) is 8.58. The molecule has 0 bridgehead atoms. The van der Waals surface area contributed by atoms with Crippen molar-refractivity contribution in [2.24, 2.45) is 9.98 Å². The number of fused-ring (bicyclic) bond motifs is 10. The normalized spacial score (nSPS) is 16.4. The lowest BCUT2D eigenvalue weighted by Crippen LogP contribution is -2.37. The zero-order chi connectivity index (χ0) is 48.1. The van der Waals surface area contributed by atoms with Crippen LogP contribution < -0.4 is 20.4 Å². The maximum atomic E-state index is 5.54. The summed E-state index contributed by atoms with van der Waals surface area (Å²) in [5, 5.41) is 7.76. The molecule has 4 heterocycles. The Labute approximate surface area is 421 Å². The summed E-state index contributed by atoms with van der Waals surface area (Å²) in [5.74, 6) is 1.85.